The maximum absolute atomic E-state index is 13.9. The van der Waals surface area contributed by atoms with Gasteiger partial charge < -0.3 is 14.4 Å². The van der Waals surface area contributed by atoms with Gasteiger partial charge in [-0.25, -0.2) is 9.59 Å². The van der Waals surface area contributed by atoms with Crippen LogP contribution in [0.3, 0.4) is 0 Å². The van der Waals surface area contributed by atoms with Gasteiger partial charge in [-0.1, -0.05) is 61.4 Å². The van der Waals surface area contributed by atoms with Gasteiger partial charge in [0.2, 0.25) is 5.60 Å². The lowest BCUT2D eigenvalue weighted by atomic mass is 9.79. The largest absolute Gasteiger partial charge is 0.459 e. The summed E-state index contributed by atoms with van der Waals surface area (Å²) in [6.45, 7) is 1.78. The van der Waals surface area contributed by atoms with Crippen LogP contribution in [0, 0.1) is 5.92 Å². The first kappa shape index (κ1) is 27.4. The molecule has 33 heavy (non-hydrogen) atoms. The van der Waals surface area contributed by atoms with E-state index in [0.29, 0.717) is 11.1 Å². The Morgan fingerprint density at radius 3 is 2.00 bits per heavy atom. The minimum atomic E-state index is -1.42. The molecule has 0 bridgehead atoms. The van der Waals surface area contributed by atoms with Crippen molar-refractivity contribution in [2.45, 2.75) is 50.2 Å². The number of rotatable bonds is 6. The second-order valence-corrected chi connectivity index (χ2v) is 8.75. The number of benzene rings is 2. The van der Waals surface area contributed by atoms with Gasteiger partial charge in [0.25, 0.3) is 0 Å². The van der Waals surface area contributed by atoms with Crippen molar-refractivity contribution >= 4 is 41.3 Å². The monoisotopic (exact) mass is 537 g/mol. The van der Waals surface area contributed by atoms with Gasteiger partial charge in [0.05, 0.1) is 5.56 Å². The minimum absolute atomic E-state index is 0. The van der Waals surface area contributed by atoms with E-state index in [1.807, 2.05) is 36.4 Å². The average Bonchev–Trinajstić information content (AvgIpc) is 3.35. The van der Waals surface area contributed by atoms with Crippen LogP contribution in [-0.2, 0) is 19.9 Å². The molecule has 1 aliphatic carbocycles. The molecule has 4 rings (SSSR count). The van der Waals surface area contributed by atoms with Crippen LogP contribution in [0.4, 0.5) is 0 Å². The molecule has 7 heteroatoms. The topological polar surface area (TPSA) is 55.8 Å². The lowest BCUT2D eigenvalue weighted by molar-refractivity contribution is -0.182. The summed E-state index contributed by atoms with van der Waals surface area (Å²) in [5, 5.41) is 0. The highest BCUT2D eigenvalue weighted by Crippen LogP contribution is 2.45. The molecule has 1 saturated heterocycles. The van der Waals surface area contributed by atoms with Crippen LogP contribution in [0.1, 0.15) is 54.4 Å². The molecule has 2 aliphatic rings. The average molecular weight is 539 g/mol. The molecule has 180 valence electrons. The molecule has 1 atom stereocenters. The van der Waals surface area contributed by atoms with E-state index in [2.05, 4.69) is 11.9 Å². The van der Waals surface area contributed by atoms with Gasteiger partial charge >= 0.3 is 11.9 Å². The van der Waals surface area contributed by atoms with E-state index in [1.165, 1.54) is 0 Å². The first-order valence-corrected chi connectivity index (χ1v) is 11.3. The minimum Gasteiger partial charge on any atom is -0.459 e. The molecule has 0 N–H and O–H groups in total. The predicted octanol–water partition coefficient (Wildman–Crippen LogP) is 5.57. The third-order valence-corrected chi connectivity index (χ3v) is 6.64. The fourth-order valence-electron chi connectivity index (χ4n) is 4.84. The zero-order valence-electron chi connectivity index (χ0n) is 19.0. The van der Waals surface area contributed by atoms with Gasteiger partial charge in [0.1, 0.15) is 6.10 Å². The Morgan fingerprint density at radius 2 is 1.42 bits per heavy atom. The molecule has 1 heterocycles. The van der Waals surface area contributed by atoms with Gasteiger partial charge in [-0.2, -0.15) is 0 Å². The number of nitrogens with zero attached hydrogens (tertiary/aromatic N) is 1. The van der Waals surface area contributed by atoms with Crippen LogP contribution >= 0.6 is 29.4 Å². The molecule has 2 fully saturated rings. The molecule has 0 amide bonds. The van der Waals surface area contributed by atoms with Crippen molar-refractivity contribution in [3.63, 3.8) is 0 Å². The first-order valence-electron chi connectivity index (χ1n) is 11.3. The van der Waals surface area contributed by atoms with Crippen molar-refractivity contribution in [2.24, 2.45) is 5.92 Å². The third kappa shape index (κ3) is 6.17. The van der Waals surface area contributed by atoms with Crippen molar-refractivity contribution in [3.8, 4) is 0 Å². The maximum Gasteiger partial charge on any atom is 0.355 e. The molecule has 0 radical (unpaired) electrons. The Morgan fingerprint density at radius 1 is 0.879 bits per heavy atom. The van der Waals surface area contributed by atoms with E-state index in [4.69, 9.17) is 9.47 Å². The fourth-order valence-corrected chi connectivity index (χ4v) is 4.84. The molecule has 2 aromatic carbocycles. The third-order valence-electron chi connectivity index (χ3n) is 6.64. The molecule has 2 aromatic rings. The summed E-state index contributed by atoms with van der Waals surface area (Å²) >= 11 is 0. The van der Waals surface area contributed by atoms with Crippen LogP contribution < -0.4 is 0 Å². The van der Waals surface area contributed by atoms with Crippen molar-refractivity contribution < 1.29 is 19.1 Å². The standard InChI is InChI=1S/C26H31NO4.BrH.ClH/c1-27-18-16-23(17-19-27)30-25(29)26(22-14-8-9-15-22,21-12-6-3-7-13-21)31-24(28)20-10-4-2-5-11-20;;/h2-7,10-13,22-23H,8-9,14-19H2,1H3;2*1H. The zero-order chi connectivity index (χ0) is 21.7. The summed E-state index contributed by atoms with van der Waals surface area (Å²) in [5.74, 6) is -1.01. The van der Waals surface area contributed by atoms with Crippen LogP contribution in [0.15, 0.2) is 60.7 Å². The van der Waals surface area contributed by atoms with Crippen LogP contribution in [0.2, 0.25) is 0 Å². The van der Waals surface area contributed by atoms with Gasteiger partial charge in [0.15, 0.2) is 0 Å². The summed E-state index contributed by atoms with van der Waals surface area (Å²) in [4.78, 5) is 29.3. The summed E-state index contributed by atoms with van der Waals surface area (Å²) in [6.07, 6.45) is 5.14. The Kier molecular flexibility index (Phi) is 10.4. The number of hydrogen-bond donors (Lipinski definition) is 0. The van der Waals surface area contributed by atoms with Crippen molar-refractivity contribution in [1.82, 2.24) is 4.90 Å². The van der Waals surface area contributed by atoms with Crippen molar-refractivity contribution in [1.29, 1.82) is 0 Å². The maximum atomic E-state index is 13.9. The molecule has 1 aliphatic heterocycles. The van der Waals surface area contributed by atoms with Crippen molar-refractivity contribution in [2.75, 3.05) is 20.1 Å². The summed E-state index contributed by atoms with van der Waals surface area (Å²) < 4.78 is 12.3. The number of ether oxygens (including phenoxy) is 2. The number of halogens is 2. The van der Waals surface area contributed by atoms with E-state index in [-0.39, 0.29) is 41.4 Å². The first-order chi connectivity index (χ1) is 15.1. The quantitative estimate of drug-likeness (QED) is 0.450. The molecule has 1 unspecified atom stereocenters. The SMILES string of the molecule is Br.CN1CCC(OC(=O)C(OC(=O)c2ccccc2)(c2ccccc2)C2CCCC2)CC1.Cl. The second kappa shape index (κ2) is 12.5. The van der Waals surface area contributed by atoms with E-state index in [1.54, 1.807) is 24.3 Å². The van der Waals surface area contributed by atoms with Gasteiger partial charge in [-0.05, 0) is 44.9 Å². The molecule has 1 saturated carbocycles. The van der Waals surface area contributed by atoms with Crippen LogP contribution in [-0.4, -0.2) is 43.1 Å². The van der Waals surface area contributed by atoms with E-state index < -0.39 is 17.5 Å². The summed E-state index contributed by atoms with van der Waals surface area (Å²) in [7, 11) is 2.08. The Bertz CT molecular complexity index is 884. The fraction of sp³-hybridized carbons (Fsp3) is 0.462. The molecule has 0 aromatic heterocycles. The lowest BCUT2D eigenvalue weighted by Gasteiger charge is -2.38. The van der Waals surface area contributed by atoms with E-state index in [9.17, 15) is 9.59 Å². The number of piperidine rings is 1. The molecular formula is C26H33BrClNO4. The highest BCUT2D eigenvalue weighted by atomic mass is 79.9. The molecule has 5 nitrogen and oxygen atoms in total. The van der Waals surface area contributed by atoms with Gasteiger partial charge in [-0.15, -0.1) is 29.4 Å². The lowest BCUT2D eigenvalue weighted by Crippen LogP contribution is -2.49. The number of hydrogen-bond acceptors (Lipinski definition) is 5. The normalized spacial score (nSPS) is 18.9. The van der Waals surface area contributed by atoms with Gasteiger partial charge in [0, 0.05) is 24.6 Å². The molecular weight excluding hydrogens is 506 g/mol. The van der Waals surface area contributed by atoms with Crippen molar-refractivity contribution in [3.05, 3.63) is 71.8 Å². The van der Waals surface area contributed by atoms with Crippen LogP contribution in [0.25, 0.3) is 0 Å². The Labute approximate surface area is 213 Å². The second-order valence-electron chi connectivity index (χ2n) is 8.75. The number of likely N-dealkylation sites (tertiary alicyclic amines) is 1. The van der Waals surface area contributed by atoms with E-state index >= 15 is 0 Å². The number of carbonyl (C=O) groups excluding carboxylic acids is 2. The van der Waals surface area contributed by atoms with E-state index in [0.717, 1.165) is 51.6 Å². The Balaban J connectivity index is 0.00000193. The Hall–Kier alpha value is -1.89. The highest BCUT2D eigenvalue weighted by molar-refractivity contribution is 8.93. The number of carbonyl (C=O) groups is 2. The smallest absolute Gasteiger partial charge is 0.355 e. The zero-order valence-corrected chi connectivity index (χ0v) is 21.5. The van der Waals surface area contributed by atoms with Crippen LogP contribution in [0.5, 0.6) is 0 Å². The molecule has 0 spiro atoms. The summed E-state index contributed by atoms with van der Waals surface area (Å²) in [6, 6.07) is 18.3. The highest BCUT2D eigenvalue weighted by Gasteiger charge is 2.53. The number of esters is 2. The summed E-state index contributed by atoms with van der Waals surface area (Å²) in [5.41, 5.74) is -0.286. The predicted molar refractivity (Wildman–Crippen MR) is 136 cm³/mol. The van der Waals surface area contributed by atoms with Gasteiger partial charge in [-0.3, -0.25) is 0 Å².